The molecule has 18 heavy (non-hydrogen) atoms. The molecule has 0 amide bonds. The van der Waals surface area contributed by atoms with Crippen molar-refractivity contribution in [2.75, 3.05) is 20.1 Å². The summed E-state index contributed by atoms with van der Waals surface area (Å²) < 4.78 is 0. The fourth-order valence-electron chi connectivity index (χ4n) is 1.95. The quantitative estimate of drug-likeness (QED) is 0.711. The Bertz CT molecular complexity index is 308. The lowest BCUT2D eigenvalue weighted by molar-refractivity contribution is 0.236. The molecule has 0 saturated carbocycles. The van der Waals surface area contributed by atoms with E-state index in [1.54, 1.807) is 0 Å². The van der Waals surface area contributed by atoms with Crippen molar-refractivity contribution in [3.63, 3.8) is 0 Å². The van der Waals surface area contributed by atoms with Crippen LogP contribution in [0.25, 0.3) is 0 Å². The third-order valence-electron chi connectivity index (χ3n) is 3.32. The smallest absolute Gasteiger partial charge is 0.0233 e. The van der Waals surface area contributed by atoms with E-state index in [1.165, 1.54) is 12.0 Å². The lowest BCUT2D eigenvalue weighted by atomic mass is 10.1. The normalized spacial score (nSPS) is 13.2. The minimum atomic E-state index is 0.616. The summed E-state index contributed by atoms with van der Waals surface area (Å²) in [5, 5.41) is 3.51. The molecule has 1 aromatic carbocycles. The molecule has 0 aromatic heterocycles. The Morgan fingerprint density at radius 3 is 2.39 bits per heavy atom. The molecule has 1 atom stereocenters. The SMILES string of the molecule is CC(C)CNCCC(C)N(C)Cc1ccccc1. The van der Waals surface area contributed by atoms with Gasteiger partial charge < -0.3 is 5.32 Å². The van der Waals surface area contributed by atoms with Gasteiger partial charge in [0, 0.05) is 12.6 Å². The molecule has 0 aliphatic rings. The summed E-state index contributed by atoms with van der Waals surface area (Å²) in [5.74, 6) is 0.738. The molecule has 0 spiro atoms. The summed E-state index contributed by atoms with van der Waals surface area (Å²) in [6.45, 7) is 10.1. The maximum absolute atomic E-state index is 3.51. The number of rotatable bonds is 8. The predicted octanol–water partition coefficient (Wildman–Crippen LogP) is 3.14. The molecule has 0 aliphatic heterocycles. The van der Waals surface area contributed by atoms with Crippen LogP contribution in [0.4, 0.5) is 0 Å². The van der Waals surface area contributed by atoms with Crippen LogP contribution in [0.15, 0.2) is 30.3 Å². The highest BCUT2D eigenvalue weighted by Gasteiger charge is 2.09. The second kappa shape index (κ2) is 8.28. The zero-order valence-corrected chi connectivity index (χ0v) is 12.3. The van der Waals surface area contributed by atoms with Crippen LogP contribution in [0.5, 0.6) is 0 Å². The van der Waals surface area contributed by atoms with Crippen LogP contribution in [0.3, 0.4) is 0 Å². The maximum atomic E-state index is 3.51. The first-order chi connectivity index (χ1) is 8.59. The number of benzene rings is 1. The van der Waals surface area contributed by atoms with Gasteiger partial charge in [0.25, 0.3) is 0 Å². The lowest BCUT2D eigenvalue weighted by Gasteiger charge is -2.25. The summed E-state index contributed by atoms with van der Waals surface area (Å²) in [4.78, 5) is 2.42. The van der Waals surface area contributed by atoms with Crippen molar-refractivity contribution < 1.29 is 0 Å². The van der Waals surface area contributed by atoms with Gasteiger partial charge in [-0.2, -0.15) is 0 Å². The van der Waals surface area contributed by atoms with Crippen molar-refractivity contribution in [2.45, 2.75) is 39.8 Å². The molecular formula is C16H28N2. The van der Waals surface area contributed by atoms with E-state index in [0.717, 1.165) is 25.6 Å². The molecule has 1 aromatic rings. The van der Waals surface area contributed by atoms with Gasteiger partial charge in [-0.05, 0) is 45.0 Å². The molecule has 102 valence electrons. The van der Waals surface area contributed by atoms with Gasteiger partial charge in [0.1, 0.15) is 0 Å². The molecule has 0 bridgehead atoms. The zero-order chi connectivity index (χ0) is 13.4. The lowest BCUT2D eigenvalue weighted by Crippen LogP contribution is -2.32. The Kier molecular flexibility index (Phi) is 6.99. The Morgan fingerprint density at radius 1 is 1.11 bits per heavy atom. The van der Waals surface area contributed by atoms with Gasteiger partial charge >= 0.3 is 0 Å². The van der Waals surface area contributed by atoms with E-state index >= 15 is 0 Å². The minimum absolute atomic E-state index is 0.616. The average molecular weight is 248 g/mol. The van der Waals surface area contributed by atoms with Crippen LogP contribution in [-0.4, -0.2) is 31.1 Å². The maximum Gasteiger partial charge on any atom is 0.0233 e. The van der Waals surface area contributed by atoms with Crippen molar-refractivity contribution in [3.8, 4) is 0 Å². The fourth-order valence-corrected chi connectivity index (χ4v) is 1.95. The molecular weight excluding hydrogens is 220 g/mol. The molecule has 1 rings (SSSR count). The first-order valence-electron chi connectivity index (χ1n) is 7.04. The number of nitrogens with zero attached hydrogens (tertiary/aromatic N) is 1. The van der Waals surface area contributed by atoms with Gasteiger partial charge in [0.15, 0.2) is 0 Å². The Morgan fingerprint density at radius 2 is 1.78 bits per heavy atom. The number of hydrogen-bond donors (Lipinski definition) is 1. The van der Waals surface area contributed by atoms with Crippen LogP contribution < -0.4 is 5.32 Å². The van der Waals surface area contributed by atoms with Crippen LogP contribution in [-0.2, 0) is 6.54 Å². The first kappa shape index (κ1) is 15.2. The second-order valence-corrected chi connectivity index (χ2v) is 5.64. The summed E-state index contributed by atoms with van der Waals surface area (Å²) in [7, 11) is 2.21. The molecule has 1 unspecified atom stereocenters. The molecule has 0 heterocycles. The van der Waals surface area contributed by atoms with E-state index in [9.17, 15) is 0 Å². The third-order valence-corrected chi connectivity index (χ3v) is 3.32. The Hall–Kier alpha value is -0.860. The molecule has 2 nitrogen and oxygen atoms in total. The summed E-state index contributed by atoms with van der Waals surface area (Å²) in [5.41, 5.74) is 1.39. The van der Waals surface area contributed by atoms with Crippen LogP contribution in [0.1, 0.15) is 32.8 Å². The number of nitrogens with one attached hydrogen (secondary N) is 1. The van der Waals surface area contributed by atoms with E-state index in [1.807, 2.05) is 0 Å². The molecule has 1 N–H and O–H groups in total. The highest BCUT2D eigenvalue weighted by Crippen LogP contribution is 2.07. The molecule has 0 saturated heterocycles. The van der Waals surface area contributed by atoms with Gasteiger partial charge in [-0.25, -0.2) is 0 Å². The monoisotopic (exact) mass is 248 g/mol. The van der Waals surface area contributed by atoms with Gasteiger partial charge in [0.05, 0.1) is 0 Å². The molecule has 2 heteroatoms. The van der Waals surface area contributed by atoms with E-state index in [-0.39, 0.29) is 0 Å². The topological polar surface area (TPSA) is 15.3 Å². The highest BCUT2D eigenvalue weighted by molar-refractivity contribution is 5.14. The average Bonchev–Trinajstić information content (AvgIpc) is 2.35. The van der Waals surface area contributed by atoms with Crippen molar-refractivity contribution in [3.05, 3.63) is 35.9 Å². The molecule has 0 fully saturated rings. The fraction of sp³-hybridized carbons (Fsp3) is 0.625. The largest absolute Gasteiger partial charge is 0.316 e. The van der Waals surface area contributed by atoms with Crippen LogP contribution in [0, 0.1) is 5.92 Å². The Labute approximate surface area is 112 Å². The van der Waals surface area contributed by atoms with Crippen LogP contribution >= 0.6 is 0 Å². The highest BCUT2D eigenvalue weighted by atomic mass is 15.1. The summed E-state index contributed by atoms with van der Waals surface area (Å²) >= 11 is 0. The summed E-state index contributed by atoms with van der Waals surface area (Å²) in [6, 6.07) is 11.3. The second-order valence-electron chi connectivity index (χ2n) is 5.64. The van der Waals surface area contributed by atoms with Gasteiger partial charge in [-0.15, -0.1) is 0 Å². The standard InChI is InChI=1S/C16H28N2/c1-14(2)12-17-11-10-15(3)18(4)13-16-8-6-5-7-9-16/h5-9,14-15,17H,10-13H2,1-4H3. The van der Waals surface area contributed by atoms with E-state index in [2.05, 4.69) is 68.4 Å². The third kappa shape index (κ3) is 6.18. The minimum Gasteiger partial charge on any atom is -0.316 e. The molecule has 0 aliphatic carbocycles. The summed E-state index contributed by atoms with van der Waals surface area (Å²) in [6.07, 6.45) is 1.20. The predicted molar refractivity (Wildman–Crippen MR) is 79.7 cm³/mol. The van der Waals surface area contributed by atoms with Crippen molar-refractivity contribution >= 4 is 0 Å². The van der Waals surface area contributed by atoms with E-state index < -0.39 is 0 Å². The van der Waals surface area contributed by atoms with Gasteiger partial charge in [-0.1, -0.05) is 44.2 Å². The van der Waals surface area contributed by atoms with Gasteiger partial charge in [-0.3, -0.25) is 4.90 Å². The number of hydrogen-bond acceptors (Lipinski definition) is 2. The van der Waals surface area contributed by atoms with Crippen LogP contribution in [0.2, 0.25) is 0 Å². The van der Waals surface area contributed by atoms with Crippen molar-refractivity contribution in [1.82, 2.24) is 10.2 Å². The zero-order valence-electron chi connectivity index (χ0n) is 12.3. The van der Waals surface area contributed by atoms with Crippen molar-refractivity contribution in [1.29, 1.82) is 0 Å². The Balaban J connectivity index is 2.22. The van der Waals surface area contributed by atoms with Crippen molar-refractivity contribution in [2.24, 2.45) is 5.92 Å². The molecule has 0 radical (unpaired) electrons. The van der Waals surface area contributed by atoms with Gasteiger partial charge in [0.2, 0.25) is 0 Å². The van der Waals surface area contributed by atoms with E-state index in [0.29, 0.717) is 6.04 Å². The van der Waals surface area contributed by atoms with E-state index in [4.69, 9.17) is 0 Å². The first-order valence-corrected chi connectivity index (χ1v) is 7.04.